The average molecular weight is 498 g/mol. The summed E-state index contributed by atoms with van der Waals surface area (Å²) >= 11 is 0. The summed E-state index contributed by atoms with van der Waals surface area (Å²) < 4.78 is 15.0. The van der Waals surface area contributed by atoms with Crippen molar-refractivity contribution in [1.82, 2.24) is 24.9 Å². The van der Waals surface area contributed by atoms with E-state index in [0.29, 0.717) is 12.5 Å². The second-order valence-corrected chi connectivity index (χ2v) is 10.5. The first-order chi connectivity index (χ1) is 17.4. The number of rotatable bonds is 9. The molecule has 1 aliphatic carbocycles. The lowest BCUT2D eigenvalue weighted by molar-refractivity contribution is -0.137. The molecule has 0 spiro atoms. The monoisotopic (exact) mass is 497 g/mol. The third kappa shape index (κ3) is 7.15. The van der Waals surface area contributed by atoms with E-state index in [9.17, 15) is 14.0 Å². The van der Waals surface area contributed by atoms with Crippen molar-refractivity contribution in [2.75, 3.05) is 33.2 Å². The van der Waals surface area contributed by atoms with Crippen LogP contribution < -0.4 is 5.32 Å². The summed E-state index contributed by atoms with van der Waals surface area (Å²) in [6.07, 6.45) is 9.07. The van der Waals surface area contributed by atoms with E-state index >= 15 is 0 Å². The van der Waals surface area contributed by atoms with Crippen LogP contribution in [0, 0.1) is 11.7 Å². The molecule has 2 amide bonds. The summed E-state index contributed by atoms with van der Waals surface area (Å²) in [5.74, 6) is 0.352. The molecular weight excluding hydrogens is 457 g/mol. The van der Waals surface area contributed by atoms with Crippen LogP contribution in [0.5, 0.6) is 0 Å². The maximum Gasteiger partial charge on any atom is 0.234 e. The Morgan fingerprint density at radius 3 is 2.47 bits per heavy atom. The van der Waals surface area contributed by atoms with Gasteiger partial charge in [0.2, 0.25) is 11.8 Å². The van der Waals surface area contributed by atoms with E-state index in [2.05, 4.69) is 10.4 Å². The van der Waals surface area contributed by atoms with Gasteiger partial charge in [0.05, 0.1) is 17.9 Å². The Hall–Kier alpha value is -2.74. The molecule has 1 aliphatic heterocycles. The minimum Gasteiger partial charge on any atom is -0.352 e. The fraction of sp³-hybridized carbons (Fsp3) is 0.607. The average Bonchev–Trinajstić information content (AvgIpc) is 3.25. The van der Waals surface area contributed by atoms with Crippen LogP contribution in [0.4, 0.5) is 4.39 Å². The molecule has 2 aliphatic rings. The van der Waals surface area contributed by atoms with Gasteiger partial charge in [0.25, 0.3) is 0 Å². The van der Waals surface area contributed by atoms with Crippen LogP contribution in [0.2, 0.25) is 0 Å². The third-order valence-electron chi connectivity index (χ3n) is 7.58. The molecule has 2 heterocycles. The Kier molecular flexibility index (Phi) is 9.13. The second kappa shape index (κ2) is 12.5. The summed E-state index contributed by atoms with van der Waals surface area (Å²) in [5, 5.41) is 7.76. The van der Waals surface area contributed by atoms with Gasteiger partial charge < -0.3 is 10.2 Å². The molecule has 0 unspecified atom stereocenters. The van der Waals surface area contributed by atoms with Gasteiger partial charge in [0.15, 0.2) is 0 Å². The first-order valence-corrected chi connectivity index (χ1v) is 13.4. The zero-order valence-corrected chi connectivity index (χ0v) is 21.7. The van der Waals surface area contributed by atoms with Crippen molar-refractivity contribution in [3.8, 4) is 11.3 Å². The van der Waals surface area contributed by atoms with Crippen molar-refractivity contribution in [2.45, 2.75) is 63.8 Å². The Morgan fingerprint density at radius 1 is 1.08 bits per heavy atom. The maximum absolute atomic E-state index is 13.2. The molecule has 1 aromatic heterocycles. The Bertz CT molecular complexity index is 1010. The molecule has 0 atom stereocenters. The molecule has 2 aromatic rings. The molecule has 1 saturated heterocycles. The van der Waals surface area contributed by atoms with E-state index in [-0.39, 0.29) is 23.7 Å². The van der Waals surface area contributed by atoms with Crippen LogP contribution in [-0.4, -0.2) is 70.7 Å². The summed E-state index contributed by atoms with van der Waals surface area (Å²) in [4.78, 5) is 29.4. The smallest absolute Gasteiger partial charge is 0.234 e. The molecule has 8 heteroatoms. The number of carbonyl (C=O) groups excluding carboxylic acids is 2. The Labute approximate surface area is 214 Å². The molecule has 1 aromatic carbocycles. The number of aryl methyl sites for hydroxylation is 2. The summed E-state index contributed by atoms with van der Waals surface area (Å²) in [6.45, 7) is 2.66. The van der Waals surface area contributed by atoms with Crippen molar-refractivity contribution in [2.24, 2.45) is 13.0 Å². The molecule has 36 heavy (non-hydrogen) atoms. The first kappa shape index (κ1) is 26.3. The number of nitrogens with one attached hydrogen (secondary N) is 1. The van der Waals surface area contributed by atoms with E-state index in [0.717, 1.165) is 75.1 Å². The first-order valence-electron chi connectivity index (χ1n) is 13.4. The van der Waals surface area contributed by atoms with Gasteiger partial charge in [-0.2, -0.15) is 5.10 Å². The lowest BCUT2D eigenvalue weighted by Gasteiger charge is -2.35. The lowest BCUT2D eigenvalue weighted by Crippen LogP contribution is -2.49. The maximum atomic E-state index is 13.2. The van der Waals surface area contributed by atoms with Crippen LogP contribution >= 0.6 is 0 Å². The van der Waals surface area contributed by atoms with Crippen LogP contribution in [0.25, 0.3) is 11.3 Å². The summed E-state index contributed by atoms with van der Waals surface area (Å²) in [6, 6.07) is 8.65. The minimum atomic E-state index is -0.247. The van der Waals surface area contributed by atoms with Gasteiger partial charge in [0, 0.05) is 32.1 Å². The largest absolute Gasteiger partial charge is 0.352 e. The Morgan fingerprint density at radius 2 is 1.78 bits per heavy atom. The van der Waals surface area contributed by atoms with E-state index in [1.54, 1.807) is 12.1 Å². The van der Waals surface area contributed by atoms with Gasteiger partial charge in [-0.15, -0.1) is 0 Å². The van der Waals surface area contributed by atoms with Gasteiger partial charge in [-0.1, -0.05) is 19.3 Å². The fourth-order valence-electron chi connectivity index (χ4n) is 5.52. The van der Waals surface area contributed by atoms with Gasteiger partial charge in [-0.05, 0) is 88.0 Å². The zero-order chi connectivity index (χ0) is 25.5. The summed E-state index contributed by atoms with van der Waals surface area (Å²) in [7, 11) is 3.86. The van der Waals surface area contributed by atoms with E-state index < -0.39 is 0 Å². The van der Waals surface area contributed by atoms with Gasteiger partial charge in [0.1, 0.15) is 5.82 Å². The number of carbonyl (C=O) groups is 2. The van der Waals surface area contributed by atoms with E-state index in [4.69, 9.17) is 0 Å². The van der Waals surface area contributed by atoms with Crippen molar-refractivity contribution < 1.29 is 14.0 Å². The highest BCUT2D eigenvalue weighted by molar-refractivity contribution is 5.79. The molecule has 2 fully saturated rings. The number of aromatic nitrogens is 2. The molecular formula is C28H40FN5O2. The molecule has 1 N–H and O–H groups in total. The molecule has 196 valence electrons. The quantitative estimate of drug-likeness (QED) is 0.573. The fourth-order valence-corrected chi connectivity index (χ4v) is 5.52. The predicted octanol–water partition coefficient (Wildman–Crippen LogP) is 3.78. The molecule has 4 rings (SSSR count). The zero-order valence-electron chi connectivity index (χ0n) is 21.7. The number of benzene rings is 1. The van der Waals surface area contributed by atoms with Crippen LogP contribution in [0.3, 0.4) is 0 Å². The molecule has 0 radical (unpaired) electrons. The second-order valence-electron chi connectivity index (χ2n) is 10.5. The highest BCUT2D eigenvalue weighted by Crippen LogP contribution is 2.26. The van der Waals surface area contributed by atoms with Crippen LogP contribution in [0.1, 0.15) is 57.1 Å². The van der Waals surface area contributed by atoms with Gasteiger partial charge in [-0.25, -0.2) is 4.39 Å². The standard InChI is InChI=1S/C28H40FN5O2/c1-32(16-6-9-25-19-26(33(2)31-25)21-10-12-23(29)13-11-21)20-27(35)30-24-14-17-34(18-15-24)28(36)22-7-4-3-5-8-22/h10-13,19,22,24H,3-9,14-18,20H2,1-2H3,(H,30,35). The lowest BCUT2D eigenvalue weighted by atomic mass is 9.87. The highest BCUT2D eigenvalue weighted by atomic mass is 19.1. The highest BCUT2D eigenvalue weighted by Gasteiger charge is 2.29. The molecule has 1 saturated carbocycles. The van der Waals surface area contributed by atoms with Gasteiger partial charge in [-0.3, -0.25) is 19.2 Å². The van der Waals surface area contributed by atoms with Crippen molar-refractivity contribution in [3.63, 3.8) is 0 Å². The van der Waals surface area contributed by atoms with Crippen molar-refractivity contribution in [3.05, 3.63) is 41.8 Å². The normalized spacial score (nSPS) is 17.5. The summed E-state index contributed by atoms with van der Waals surface area (Å²) in [5.41, 5.74) is 2.89. The topological polar surface area (TPSA) is 70.5 Å². The van der Waals surface area contributed by atoms with E-state index in [1.807, 2.05) is 34.6 Å². The van der Waals surface area contributed by atoms with E-state index in [1.165, 1.54) is 31.4 Å². The Balaban J connectivity index is 1.14. The number of halogens is 1. The number of likely N-dealkylation sites (N-methyl/N-ethyl adjacent to an activating group) is 1. The predicted molar refractivity (Wildman–Crippen MR) is 139 cm³/mol. The number of hydrogen-bond donors (Lipinski definition) is 1. The number of nitrogens with zero attached hydrogens (tertiary/aromatic N) is 4. The van der Waals surface area contributed by atoms with Crippen molar-refractivity contribution >= 4 is 11.8 Å². The third-order valence-corrected chi connectivity index (χ3v) is 7.58. The number of piperidine rings is 1. The van der Waals surface area contributed by atoms with Crippen molar-refractivity contribution in [1.29, 1.82) is 0 Å². The van der Waals surface area contributed by atoms with Crippen LogP contribution in [0.15, 0.2) is 30.3 Å². The molecule has 7 nitrogen and oxygen atoms in total. The number of amides is 2. The number of hydrogen-bond acceptors (Lipinski definition) is 4. The van der Waals surface area contributed by atoms with Crippen LogP contribution in [-0.2, 0) is 23.1 Å². The van der Waals surface area contributed by atoms with Gasteiger partial charge >= 0.3 is 0 Å². The SMILES string of the molecule is CN(CCCc1cc(-c2ccc(F)cc2)n(C)n1)CC(=O)NC1CCN(C(=O)C2CCCCC2)CC1. The minimum absolute atomic E-state index is 0.0472. The molecule has 0 bridgehead atoms. The number of likely N-dealkylation sites (tertiary alicyclic amines) is 1.